The number of aromatic nitrogens is 1. The van der Waals surface area contributed by atoms with Gasteiger partial charge in [-0.2, -0.15) is 0 Å². The van der Waals surface area contributed by atoms with Crippen molar-refractivity contribution in [1.82, 2.24) is 4.57 Å². The maximum Gasteiger partial charge on any atom is 1.00 e. The quantitative estimate of drug-likeness (QED) is 0.466. The van der Waals surface area contributed by atoms with E-state index in [1.165, 1.54) is 18.7 Å². The van der Waals surface area contributed by atoms with Crippen LogP contribution in [-0.2, 0) is 18.2 Å². The molecule has 8 heteroatoms. The Kier molecular flexibility index (Phi) is 11.7. The van der Waals surface area contributed by atoms with Gasteiger partial charge in [-0.25, -0.2) is 0 Å². The average molecular weight is 379 g/mol. The Labute approximate surface area is 225 Å². The van der Waals surface area contributed by atoms with Gasteiger partial charge >= 0.3 is 103 Å². The van der Waals surface area contributed by atoms with Gasteiger partial charge in [0.2, 0.25) is 0 Å². The molecule has 0 aliphatic rings. The van der Waals surface area contributed by atoms with E-state index in [4.69, 9.17) is 4.74 Å². The molecule has 0 atom stereocenters. The molecule has 0 radical (unpaired) electrons. The van der Waals surface area contributed by atoms with Gasteiger partial charge in [0.25, 0.3) is 0 Å². The largest absolute Gasteiger partial charge is 1.00 e. The first kappa shape index (κ1) is 24.7. The number of methoxy groups -OCH3 is 1. The third kappa shape index (κ3) is 5.34. The molecule has 1 aromatic carbocycles. The summed E-state index contributed by atoms with van der Waals surface area (Å²) in [6.45, 7) is 0.263. The van der Waals surface area contributed by atoms with Gasteiger partial charge in [0.05, 0.1) is 24.2 Å². The SMILES string of the molecule is COCCc1c(C(=O)[O-])c(-c2ccccc2)c(C(=O)[O-])n1C.[K+].[K+]. The van der Waals surface area contributed by atoms with E-state index < -0.39 is 11.9 Å². The summed E-state index contributed by atoms with van der Waals surface area (Å²) in [4.78, 5) is 23.1. The zero-order valence-electron chi connectivity index (χ0n) is 14.3. The number of aromatic carboxylic acids is 2. The fourth-order valence-corrected chi connectivity index (χ4v) is 2.57. The van der Waals surface area contributed by atoms with Crippen LogP contribution in [0.2, 0.25) is 0 Å². The number of carbonyl (C=O) groups is 2. The smallest absolute Gasteiger partial charge is 0.545 e. The van der Waals surface area contributed by atoms with Crippen molar-refractivity contribution in [3.05, 3.63) is 47.3 Å². The van der Waals surface area contributed by atoms with Crippen LogP contribution >= 0.6 is 0 Å². The molecule has 0 fully saturated rings. The van der Waals surface area contributed by atoms with Crippen LogP contribution in [0.3, 0.4) is 0 Å². The molecule has 0 spiro atoms. The number of hydrogen-bond acceptors (Lipinski definition) is 5. The Morgan fingerprint density at radius 1 is 1.08 bits per heavy atom. The molecule has 0 aliphatic carbocycles. The zero-order chi connectivity index (χ0) is 16.3. The van der Waals surface area contributed by atoms with Gasteiger partial charge in [0, 0.05) is 37.4 Å². The Bertz CT molecular complexity index is 713. The number of carbonyl (C=O) groups excluding carboxylic acids is 2. The normalized spacial score (nSPS) is 9.75. The van der Waals surface area contributed by atoms with E-state index in [0.29, 0.717) is 11.3 Å². The maximum atomic E-state index is 11.6. The molecule has 6 nitrogen and oxygen atoms in total. The van der Waals surface area contributed by atoms with Crippen molar-refractivity contribution < 1.29 is 127 Å². The van der Waals surface area contributed by atoms with E-state index in [1.807, 2.05) is 0 Å². The molecule has 0 amide bonds. The Morgan fingerprint density at radius 2 is 1.67 bits per heavy atom. The van der Waals surface area contributed by atoms with Gasteiger partial charge in [-0.3, -0.25) is 0 Å². The van der Waals surface area contributed by atoms with Crippen molar-refractivity contribution in [3.8, 4) is 11.1 Å². The molecule has 0 saturated heterocycles. The number of nitrogens with zero attached hydrogens (tertiary/aromatic N) is 1. The van der Waals surface area contributed by atoms with Crippen molar-refractivity contribution in [3.63, 3.8) is 0 Å². The summed E-state index contributed by atoms with van der Waals surface area (Å²) in [6.07, 6.45) is 0.253. The zero-order valence-corrected chi connectivity index (χ0v) is 20.5. The second kappa shape index (κ2) is 11.4. The van der Waals surface area contributed by atoms with Gasteiger partial charge in [0.1, 0.15) is 0 Å². The van der Waals surface area contributed by atoms with E-state index in [1.54, 1.807) is 30.3 Å². The Morgan fingerprint density at radius 3 is 2.12 bits per heavy atom. The third-order valence-corrected chi connectivity index (χ3v) is 3.52. The van der Waals surface area contributed by atoms with E-state index in [-0.39, 0.29) is 133 Å². The van der Waals surface area contributed by atoms with E-state index in [2.05, 4.69) is 0 Å². The van der Waals surface area contributed by atoms with Crippen molar-refractivity contribution in [1.29, 1.82) is 0 Å². The maximum absolute atomic E-state index is 11.6. The van der Waals surface area contributed by atoms with Crippen LogP contribution in [0.4, 0.5) is 0 Å². The molecule has 0 unspecified atom stereocenters. The topological polar surface area (TPSA) is 94.4 Å². The van der Waals surface area contributed by atoms with Crippen molar-refractivity contribution in [2.24, 2.45) is 7.05 Å². The summed E-state index contributed by atoms with van der Waals surface area (Å²) in [6, 6.07) is 8.46. The average Bonchev–Trinajstić information content (AvgIpc) is 2.79. The van der Waals surface area contributed by atoms with E-state index >= 15 is 0 Å². The first-order valence-corrected chi connectivity index (χ1v) is 6.67. The summed E-state index contributed by atoms with van der Waals surface area (Å²) < 4.78 is 6.28. The molecule has 0 N–H and O–H groups in total. The van der Waals surface area contributed by atoms with Crippen LogP contribution in [0.1, 0.15) is 26.5 Å². The van der Waals surface area contributed by atoms with Crippen LogP contribution in [0.15, 0.2) is 30.3 Å². The van der Waals surface area contributed by atoms with Crippen molar-refractivity contribution in [2.45, 2.75) is 6.42 Å². The first-order chi connectivity index (χ1) is 10.5. The molecular weight excluding hydrogens is 364 g/mol. The van der Waals surface area contributed by atoms with Gasteiger partial charge in [-0.15, -0.1) is 0 Å². The van der Waals surface area contributed by atoms with Crippen LogP contribution in [-0.4, -0.2) is 30.2 Å². The van der Waals surface area contributed by atoms with Gasteiger partial charge < -0.3 is 29.1 Å². The number of rotatable bonds is 6. The summed E-state index contributed by atoms with van der Waals surface area (Å²) >= 11 is 0. The number of carboxylic acids is 2. The van der Waals surface area contributed by atoms with E-state index in [0.717, 1.165) is 0 Å². The van der Waals surface area contributed by atoms with Crippen molar-refractivity contribution >= 4 is 11.9 Å². The number of carboxylic acid groups (broad SMARTS) is 2. The molecule has 0 saturated carbocycles. The van der Waals surface area contributed by atoms with Gasteiger partial charge in [-0.1, -0.05) is 30.3 Å². The van der Waals surface area contributed by atoms with Crippen LogP contribution < -0.4 is 113 Å². The van der Waals surface area contributed by atoms with Crippen LogP contribution in [0, 0.1) is 0 Å². The Hall–Kier alpha value is 0.673. The van der Waals surface area contributed by atoms with E-state index in [9.17, 15) is 19.8 Å². The minimum atomic E-state index is -1.44. The predicted molar refractivity (Wildman–Crippen MR) is 75.1 cm³/mol. The predicted octanol–water partition coefficient (Wildman–Crippen LogP) is -6.38. The summed E-state index contributed by atoms with van der Waals surface area (Å²) in [5, 5.41) is 23.1. The van der Waals surface area contributed by atoms with Crippen molar-refractivity contribution in [2.75, 3.05) is 13.7 Å². The number of benzene rings is 1. The minimum Gasteiger partial charge on any atom is -0.545 e. The molecule has 1 aromatic heterocycles. The standard InChI is InChI=1S/C16H17NO5.2K/c1-17-11(8-9-22-2)13(15(18)19)12(14(17)16(20)21)10-6-4-3-5-7-10;;/h3-7H,8-9H2,1-2H3,(H,18,19)(H,20,21);;/q;2*+1/p-2. The molecule has 1 heterocycles. The van der Waals surface area contributed by atoms with Crippen LogP contribution in [0.25, 0.3) is 11.1 Å². The fraction of sp³-hybridized carbons (Fsp3) is 0.250. The van der Waals surface area contributed by atoms with Gasteiger partial charge in [0.15, 0.2) is 0 Å². The summed E-state index contributed by atoms with van der Waals surface area (Å²) in [5.41, 5.74) is 0.607. The van der Waals surface area contributed by atoms with Crippen LogP contribution in [0.5, 0.6) is 0 Å². The molecule has 2 rings (SSSR count). The fourth-order valence-electron chi connectivity index (χ4n) is 2.57. The molecule has 0 aliphatic heterocycles. The Balaban J connectivity index is 0.00000264. The monoisotopic (exact) mass is 379 g/mol. The minimum absolute atomic E-state index is 0. The second-order valence-electron chi connectivity index (χ2n) is 4.79. The molecule has 116 valence electrons. The summed E-state index contributed by atoms with van der Waals surface area (Å²) in [7, 11) is 2.98. The molecule has 24 heavy (non-hydrogen) atoms. The summed E-state index contributed by atoms with van der Waals surface area (Å²) in [5.74, 6) is -2.86. The third-order valence-electron chi connectivity index (χ3n) is 3.52. The number of hydrogen-bond donors (Lipinski definition) is 0. The molecule has 0 bridgehead atoms. The molecular formula is C16H15K2NO5. The second-order valence-corrected chi connectivity index (χ2v) is 4.79. The number of ether oxygens (including phenoxy) is 1. The molecule has 2 aromatic rings. The first-order valence-electron chi connectivity index (χ1n) is 6.67. The van der Waals surface area contributed by atoms with Gasteiger partial charge in [-0.05, 0) is 5.56 Å².